The molecule has 0 fully saturated rings. The first kappa shape index (κ1) is 11.6. The van der Waals surface area contributed by atoms with E-state index in [4.69, 9.17) is 23.2 Å². The average molecular weight is 235 g/mol. The number of aliphatic hydroxyl groups is 1. The minimum absolute atomic E-state index is 0.376. The van der Waals surface area contributed by atoms with Gasteiger partial charge in [-0.25, -0.2) is 4.98 Å². The number of hydrogen-bond donors (Lipinski definition) is 2. The lowest BCUT2D eigenvalue weighted by molar-refractivity contribution is 0.0944. The zero-order valence-electron chi connectivity index (χ0n) is 8.01. The quantitative estimate of drug-likeness (QED) is 0.846. The van der Waals surface area contributed by atoms with E-state index in [1.54, 1.807) is 19.9 Å². The summed E-state index contributed by atoms with van der Waals surface area (Å²) in [6.45, 7) is 3.77. The van der Waals surface area contributed by atoms with Gasteiger partial charge >= 0.3 is 0 Å². The third-order valence-electron chi connectivity index (χ3n) is 1.50. The van der Waals surface area contributed by atoms with Gasteiger partial charge in [-0.2, -0.15) is 0 Å². The van der Waals surface area contributed by atoms with E-state index in [-0.39, 0.29) is 0 Å². The van der Waals surface area contributed by atoms with Gasteiger partial charge in [0.2, 0.25) is 0 Å². The fraction of sp³-hybridized carbons (Fsp3) is 0.444. The van der Waals surface area contributed by atoms with Crippen LogP contribution in [0.25, 0.3) is 0 Å². The van der Waals surface area contributed by atoms with Gasteiger partial charge in [-0.05, 0) is 19.9 Å². The van der Waals surface area contributed by atoms with Gasteiger partial charge < -0.3 is 10.4 Å². The zero-order chi connectivity index (χ0) is 10.8. The molecule has 1 heterocycles. The van der Waals surface area contributed by atoms with Crippen molar-refractivity contribution >= 4 is 29.0 Å². The molecular formula is C9H12Cl2N2O. The Morgan fingerprint density at radius 2 is 2.14 bits per heavy atom. The van der Waals surface area contributed by atoms with Gasteiger partial charge in [-0.3, -0.25) is 0 Å². The number of anilines is 1. The maximum Gasteiger partial charge on any atom is 0.144 e. The maximum absolute atomic E-state index is 9.47. The molecule has 3 nitrogen and oxygen atoms in total. The molecule has 0 saturated heterocycles. The average Bonchev–Trinajstić information content (AvgIpc) is 2.00. The number of nitrogens with zero attached hydrogens (tertiary/aromatic N) is 1. The summed E-state index contributed by atoms with van der Waals surface area (Å²) >= 11 is 11.6. The number of hydrogen-bond acceptors (Lipinski definition) is 3. The number of halogens is 2. The monoisotopic (exact) mass is 234 g/mol. The van der Waals surface area contributed by atoms with Gasteiger partial charge in [0.1, 0.15) is 5.82 Å². The second-order valence-corrected chi connectivity index (χ2v) is 4.49. The van der Waals surface area contributed by atoms with Crippen molar-refractivity contribution in [3.05, 3.63) is 22.3 Å². The Balaban J connectivity index is 2.68. The largest absolute Gasteiger partial charge is 0.389 e. The normalized spacial score (nSPS) is 11.5. The Kier molecular flexibility index (Phi) is 3.59. The van der Waals surface area contributed by atoms with Crippen LogP contribution in [0.1, 0.15) is 13.8 Å². The SMILES string of the molecule is CC(C)(O)CNc1ncc(Cl)cc1Cl. The van der Waals surface area contributed by atoms with E-state index in [2.05, 4.69) is 10.3 Å². The van der Waals surface area contributed by atoms with E-state index < -0.39 is 5.60 Å². The second kappa shape index (κ2) is 4.34. The van der Waals surface area contributed by atoms with E-state index in [0.29, 0.717) is 22.4 Å². The predicted octanol–water partition coefficient (Wildman–Crippen LogP) is 2.57. The van der Waals surface area contributed by atoms with Crippen molar-refractivity contribution in [2.75, 3.05) is 11.9 Å². The molecule has 5 heteroatoms. The van der Waals surface area contributed by atoms with Gasteiger partial charge in [0.25, 0.3) is 0 Å². The Morgan fingerprint density at radius 3 is 2.64 bits per heavy atom. The molecule has 0 aromatic carbocycles. The first-order chi connectivity index (χ1) is 6.38. The number of nitrogens with one attached hydrogen (secondary N) is 1. The highest BCUT2D eigenvalue weighted by molar-refractivity contribution is 6.35. The summed E-state index contributed by atoms with van der Waals surface area (Å²) in [4.78, 5) is 3.99. The Bertz CT molecular complexity index is 323. The van der Waals surface area contributed by atoms with Gasteiger partial charge in [-0.15, -0.1) is 0 Å². The molecule has 0 bridgehead atoms. The molecule has 0 aliphatic carbocycles. The highest BCUT2D eigenvalue weighted by atomic mass is 35.5. The van der Waals surface area contributed by atoms with Crippen LogP contribution in [0, 0.1) is 0 Å². The molecule has 0 atom stereocenters. The summed E-state index contributed by atoms with van der Waals surface area (Å²) in [5, 5.41) is 13.3. The van der Waals surface area contributed by atoms with Gasteiger partial charge in [0.15, 0.2) is 0 Å². The molecule has 14 heavy (non-hydrogen) atoms. The molecule has 1 aromatic rings. The minimum Gasteiger partial charge on any atom is -0.389 e. The van der Waals surface area contributed by atoms with E-state index in [0.717, 1.165) is 0 Å². The van der Waals surface area contributed by atoms with Crippen molar-refractivity contribution in [1.29, 1.82) is 0 Å². The number of aromatic nitrogens is 1. The topological polar surface area (TPSA) is 45.1 Å². The molecular weight excluding hydrogens is 223 g/mol. The lowest BCUT2D eigenvalue weighted by Gasteiger charge is -2.18. The Hall–Kier alpha value is -0.510. The molecule has 0 aliphatic heterocycles. The van der Waals surface area contributed by atoms with Crippen LogP contribution in [0.2, 0.25) is 10.0 Å². The minimum atomic E-state index is -0.801. The van der Waals surface area contributed by atoms with E-state index in [1.165, 1.54) is 6.20 Å². The standard InChI is InChI=1S/C9H12Cl2N2O/c1-9(2,14)5-13-8-7(11)3-6(10)4-12-8/h3-4,14H,5H2,1-2H3,(H,12,13). The third-order valence-corrected chi connectivity index (χ3v) is 1.99. The number of pyridine rings is 1. The molecule has 0 unspecified atom stereocenters. The fourth-order valence-electron chi connectivity index (χ4n) is 0.845. The van der Waals surface area contributed by atoms with Crippen LogP contribution < -0.4 is 5.32 Å². The molecule has 78 valence electrons. The highest BCUT2D eigenvalue weighted by Crippen LogP contribution is 2.22. The summed E-state index contributed by atoms with van der Waals surface area (Å²) < 4.78 is 0. The molecule has 0 aliphatic rings. The second-order valence-electron chi connectivity index (χ2n) is 3.65. The van der Waals surface area contributed by atoms with Crippen LogP contribution in [-0.4, -0.2) is 22.2 Å². The van der Waals surface area contributed by atoms with Crippen molar-refractivity contribution in [2.24, 2.45) is 0 Å². The van der Waals surface area contributed by atoms with Gasteiger partial charge in [0.05, 0.1) is 15.6 Å². The van der Waals surface area contributed by atoms with Crippen LogP contribution in [0.3, 0.4) is 0 Å². The molecule has 0 radical (unpaired) electrons. The summed E-state index contributed by atoms with van der Waals surface area (Å²) in [6.07, 6.45) is 1.50. The van der Waals surface area contributed by atoms with Crippen molar-refractivity contribution in [3.8, 4) is 0 Å². The molecule has 0 spiro atoms. The summed E-state index contributed by atoms with van der Waals surface area (Å²) in [6, 6.07) is 1.60. The number of rotatable bonds is 3. The first-order valence-electron chi connectivity index (χ1n) is 4.16. The molecule has 0 saturated carbocycles. The van der Waals surface area contributed by atoms with Crippen LogP contribution in [-0.2, 0) is 0 Å². The molecule has 1 rings (SSSR count). The smallest absolute Gasteiger partial charge is 0.144 e. The molecule has 2 N–H and O–H groups in total. The highest BCUT2D eigenvalue weighted by Gasteiger charge is 2.13. The lowest BCUT2D eigenvalue weighted by atomic mass is 10.1. The Labute approximate surface area is 93.1 Å². The van der Waals surface area contributed by atoms with Gasteiger partial charge in [-0.1, -0.05) is 23.2 Å². The van der Waals surface area contributed by atoms with Crippen LogP contribution in [0.4, 0.5) is 5.82 Å². The Morgan fingerprint density at radius 1 is 1.50 bits per heavy atom. The van der Waals surface area contributed by atoms with E-state index in [9.17, 15) is 5.11 Å². The third kappa shape index (κ3) is 3.70. The summed E-state index contributed by atoms with van der Waals surface area (Å²) in [7, 11) is 0. The van der Waals surface area contributed by atoms with E-state index in [1.807, 2.05) is 0 Å². The van der Waals surface area contributed by atoms with Crippen molar-refractivity contribution in [3.63, 3.8) is 0 Å². The van der Waals surface area contributed by atoms with Crippen LogP contribution in [0.15, 0.2) is 12.3 Å². The maximum atomic E-state index is 9.47. The van der Waals surface area contributed by atoms with Crippen molar-refractivity contribution in [1.82, 2.24) is 4.98 Å². The van der Waals surface area contributed by atoms with Gasteiger partial charge in [0, 0.05) is 12.7 Å². The predicted molar refractivity (Wildman–Crippen MR) is 59.0 cm³/mol. The zero-order valence-corrected chi connectivity index (χ0v) is 9.52. The lowest BCUT2D eigenvalue weighted by Crippen LogP contribution is -2.29. The van der Waals surface area contributed by atoms with Crippen molar-refractivity contribution in [2.45, 2.75) is 19.4 Å². The van der Waals surface area contributed by atoms with Crippen LogP contribution >= 0.6 is 23.2 Å². The van der Waals surface area contributed by atoms with Crippen LogP contribution in [0.5, 0.6) is 0 Å². The fourth-order valence-corrected chi connectivity index (χ4v) is 1.29. The molecule has 1 aromatic heterocycles. The summed E-state index contributed by atoms with van der Waals surface area (Å²) in [5.41, 5.74) is -0.801. The molecule has 0 amide bonds. The van der Waals surface area contributed by atoms with E-state index >= 15 is 0 Å². The summed E-state index contributed by atoms with van der Waals surface area (Å²) in [5.74, 6) is 0.526. The van der Waals surface area contributed by atoms with Crippen molar-refractivity contribution < 1.29 is 5.11 Å². The first-order valence-corrected chi connectivity index (χ1v) is 4.91.